The number of carbonyl (C=O) groups is 2. The molecule has 132 valence electrons. The zero-order valence-electron chi connectivity index (χ0n) is 14.3. The van der Waals surface area contributed by atoms with Crippen molar-refractivity contribution in [2.24, 2.45) is 0 Å². The molecule has 0 spiro atoms. The zero-order chi connectivity index (χ0) is 17.6. The van der Waals surface area contributed by atoms with Crippen LogP contribution < -0.4 is 4.74 Å². The molecule has 1 aliphatic rings. The van der Waals surface area contributed by atoms with Crippen molar-refractivity contribution in [2.75, 3.05) is 33.3 Å². The number of imidazole rings is 1. The van der Waals surface area contributed by atoms with Crippen molar-refractivity contribution in [3.63, 3.8) is 0 Å². The van der Waals surface area contributed by atoms with Crippen LogP contribution in [-0.4, -0.2) is 64.5 Å². The number of aryl methyl sites for hydroxylation is 1. The van der Waals surface area contributed by atoms with Crippen LogP contribution in [0.5, 0.6) is 5.75 Å². The SMILES string of the molecule is COc1ccccc1C(=O)N1CCN(C(=O)CCn2ccnc2)CC1. The molecule has 3 rings (SSSR count). The standard InChI is InChI=1S/C18H22N4O3/c1-25-16-5-3-2-4-15(16)18(24)22-12-10-21(11-13-22)17(23)6-8-20-9-7-19-14-20/h2-5,7,9,14H,6,8,10-13H2,1H3. The number of piperazine rings is 1. The summed E-state index contributed by atoms with van der Waals surface area (Å²) in [5.41, 5.74) is 0.560. The lowest BCUT2D eigenvalue weighted by Crippen LogP contribution is -2.50. The molecule has 1 aliphatic heterocycles. The van der Waals surface area contributed by atoms with Crippen molar-refractivity contribution < 1.29 is 14.3 Å². The summed E-state index contributed by atoms with van der Waals surface area (Å²) in [5, 5.41) is 0. The molecule has 7 nitrogen and oxygen atoms in total. The zero-order valence-corrected chi connectivity index (χ0v) is 14.3. The summed E-state index contributed by atoms with van der Waals surface area (Å²) in [6, 6.07) is 7.21. The normalized spacial score (nSPS) is 14.4. The molecule has 0 radical (unpaired) electrons. The summed E-state index contributed by atoms with van der Waals surface area (Å²) < 4.78 is 7.15. The van der Waals surface area contributed by atoms with Crippen LogP contribution in [0.2, 0.25) is 0 Å². The Morgan fingerprint density at radius 2 is 1.84 bits per heavy atom. The van der Waals surface area contributed by atoms with E-state index in [-0.39, 0.29) is 11.8 Å². The van der Waals surface area contributed by atoms with Crippen LogP contribution in [0, 0.1) is 0 Å². The Morgan fingerprint density at radius 1 is 1.12 bits per heavy atom. The average Bonchev–Trinajstić information content (AvgIpc) is 3.19. The molecule has 1 saturated heterocycles. The molecule has 2 heterocycles. The Kier molecular flexibility index (Phi) is 5.33. The highest BCUT2D eigenvalue weighted by Crippen LogP contribution is 2.20. The lowest BCUT2D eigenvalue weighted by atomic mass is 10.1. The number of ether oxygens (including phenoxy) is 1. The van der Waals surface area contributed by atoms with Gasteiger partial charge in [-0.25, -0.2) is 4.98 Å². The molecular weight excluding hydrogens is 320 g/mol. The monoisotopic (exact) mass is 342 g/mol. The largest absolute Gasteiger partial charge is 0.496 e. The molecular formula is C18H22N4O3. The van der Waals surface area contributed by atoms with Gasteiger partial charge in [-0.2, -0.15) is 0 Å². The van der Waals surface area contributed by atoms with E-state index in [0.29, 0.717) is 50.5 Å². The summed E-state index contributed by atoms with van der Waals surface area (Å²) in [6.07, 6.45) is 5.69. The average molecular weight is 342 g/mol. The number of carbonyl (C=O) groups excluding carboxylic acids is 2. The van der Waals surface area contributed by atoms with E-state index in [1.165, 1.54) is 0 Å². The maximum absolute atomic E-state index is 12.7. The molecule has 0 N–H and O–H groups in total. The van der Waals surface area contributed by atoms with Gasteiger partial charge >= 0.3 is 0 Å². The molecule has 0 unspecified atom stereocenters. The highest BCUT2D eigenvalue weighted by Gasteiger charge is 2.26. The van der Waals surface area contributed by atoms with Gasteiger partial charge in [-0.05, 0) is 12.1 Å². The summed E-state index contributed by atoms with van der Waals surface area (Å²) in [5.74, 6) is 0.632. The van der Waals surface area contributed by atoms with Crippen LogP contribution in [0.3, 0.4) is 0 Å². The predicted octanol–water partition coefficient (Wildman–Crippen LogP) is 1.27. The second-order valence-electron chi connectivity index (χ2n) is 5.92. The number of para-hydroxylation sites is 1. The highest BCUT2D eigenvalue weighted by molar-refractivity contribution is 5.97. The number of hydrogen-bond donors (Lipinski definition) is 0. The van der Waals surface area contributed by atoms with Gasteiger partial charge in [-0.1, -0.05) is 12.1 Å². The fourth-order valence-corrected chi connectivity index (χ4v) is 2.95. The van der Waals surface area contributed by atoms with Crippen molar-refractivity contribution in [3.8, 4) is 5.75 Å². The van der Waals surface area contributed by atoms with Crippen LogP contribution >= 0.6 is 0 Å². The summed E-state index contributed by atoms with van der Waals surface area (Å²) >= 11 is 0. The lowest BCUT2D eigenvalue weighted by Gasteiger charge is -2.35. The molecule has 2 amide bonds. The van der Waals surface area contributed by atoms with Gasteiger partial charge in [0.1, 0.15) is 5.75 Å². The topological polar surface area (TPSA) is 67.7 Å². The second kappa shape index (κ2) is 7.83. The maximum atomic E-state index is 12.7. The summed E-state index contributed by atoms with van der Waals surface area (Å²) in [7, 11) is 1.56. The van der Waals surface area contributed by atoms with Crippen LogP contribution in [-0.2, 0) is 11.3 Å². The molecule has 1 aromatic heterocycles. The van der Waals surface area contributed by atoms with E-state index >= 15 is 0 Å². The Labute approximate surface area is 146 Å². The Bertz CT molecular complexity index is 722. The highest BCUT2D eigenvalue weighted by atomic mass is 16.5. The fourth-order valence-electron chi connectivity index (χ4n) is 2.95. The van der Waals surface area contributed by atoms with Crippen LogP contribution in [0.1, 0.15) is 16.8 Å². The van der Waals surface area contributed by atoms with Crippen molar-refractivity contribution in [3.05, 3.63) is 48.5 Å². The van der Waals surface area contributed by atoms with Crippen molar-refractivity contribution in [1.82, 2.24) is 19.4 Å². The number of nitrogens with zero attached hydrogens (tertiary/aromatic N) is 4. The van der Waals surface area contributed by atoms with Gasteiger partial charge in [-0.15, -0.1) is 0 Å². The minimum absolute atomic E-state index is 0.0528. The number of hydrogen-bond acceptors (Lipinski definition) is 4. The van der Waals surface area contributed by atoms with Gasteiger partial charge in [0.05, 0.1) is 19.0 Å². The first kappa shape index (κ1) is 17.0. The smallest absolute Gasteiger partial charge is 0.257 e. The quantitative estimate of drug-likeness (QED) is 0.821. The number of amides is 2. The van der Waals surface area contributed by atoms with Gasteiger partial charge in [-0.3, -0.25) is 9.59 Å². The molecule has 25 heavy (non-hydrogen) atoms. The minimum Gasteiger partial charge on any atom is -0.496 e. The molecule has 0 saturated carbocycles. The predicted molar refractivity (Wildman–Crippen MR) is 92.3 cm³/mol. The van der Waals surface area contributed by atoms with E-state index in [4.69, 9.17) is 4.74 Å². The van der Waals surface area contributed by atoms with E-state index in [1.54, 1.807) is 36.7 Å². The van der Waals surface area contributed by atoms with Gasteiger partial charge in [0, 0.05) is 51.5 Å². The summed E-state index contributed by atoms with van der Waals surface area (Å²) in [6.45, 7) is 2.81. The number of benzene rings is 1. The third kappa shape index (κ3) is 3.99. The molecule has 7 heteroatoms. The molecule has 0 aliphatic carbocycles. The van der Waals surface area contributed by atoms with E-state index < -0.39 is 0 Å². The Balaban J connectivity index is 1.52. The Morgan fingerprint density at radius 3 is 2.52 bits per heavy atom. The molecule has 1 fully saturated rings. The maximum Gasteiger partial charge on any atom is 0.257 e. The van der Waals surface area contributed by atoms with E-state index in [2.05, 4.69) is 4.98 Å². The van der Waals surface area contributed by atoms with E-state index in [0.717, 1.165) is 0 Å². The van der Waals surface area contributed by atoms with Crippen molar-refractivity contribution in [1.29, 1.82) is 0 Å². The third-order valence-electron chi connectivity index (χ3n) is 4.40. The van der Waals surface area contributed by atoms with E-state index in [9.17, 15) is 9.59 Å². The van der Waals surface area contributed by atoms with Crippen LogP contribution in [0.4, 0.5) is 0 Å². The molecule has 0 bridgehead atoms. The molecule has 2 aromatic rings. The third-order valence-corrected chi connectivity index (χ3v) is 4.40. The van der Waals surface area contributed by atoms with Gasteiger partial charge in [0.25, 0.3) is 5.91 Å². The number of rotatable bonds is 5. The van der Waals surface area contributed by atoms with Crippen LogP contribution in [0.25, 0.3) is 0 Å². The first-order chi connectivity index (χ1) is 12.2. The fraction of sp³-hybridized carbons (Fsp3) is 0.389. The minimum atomic E-state index is -0.0528. The van der Waals surface area contributed by atoms with Gasteiger partial charge < -0.3 is 19.1 Å². The Hall–Kier alpha value is -2.83. The number of methoxy groups -OCH3 is 1. The summed E-state index contributed by atoms with van der Waals surface area (Å²) in [4.78, 5) is 32.5. The van der Waals surface area contributed by atoms with E-state index in [1.807, 2.05) is 27.8 Å². The van der Waals surface area contributed by atoms with Gasteiger partial charge in [0.2, 0.25) is 5.91 Å². The van der Waals surface area contributed by atoms with Crippen LogP contribution in [0.15, 0.2) is 43.0 Å². The van der Waals surface area contributed by atoms with Crippen molar-refractivity contribution in [2.45, 2.75) is 13.0 Å². The second-order valence-corrected chi connectivity index (χ2v) is 5.92. The molecule has 0 atom stereocenters. The van der Waals surface area contributed by atoms with Gasteiger partial charge in [0.15, 0.2) is 0 Å². The lowest BCUT2D eigenvalue weighted by molar-refractivity contribution is -0.132. The van der Waals surface area contributed by atoms with Crippen molar-refractivity contribution >= 4 is 11.8 Å². The first-order valence-corrected chi connectivity index (χ1v) is 8.35. The number of aromatic nitrogens is 2. The first-order valence-electron chi connectivity index (χ1n) is 8.35. The molecule has 1 aromatic carbocycles.